The van der Waals surface area contributed by atoms with E-state index >= 15 is 0 Å². The number of benzene rings is 2. The van der Waals surface area contributed by atoms with Gasteiger partial charge in [0.25, 0.3) is 0 Å². The van der Waals surface area contributed by atoms with Gasteiger partial charge in [-0.05, 0) is 36.1 Å². The second-order valence-electron chi connectivity index (χ2n) is 7.01. The van der Waals surface area contributed by atoms with Crippen LogP contribution in [0.3, 0.4) is 0 Å². The Morgan fingerprint density at radius 1 is 1.04 bits per heavy atom. The van der Waals surface area contributed by atoms with Gasteiger partial charge < -0.3 is 0 Å². The molecule has 2 aromatic carbocycles. The average Bonchev–Trinajstić information content (AvgIpc) is 3.15. The molecule has 0 aromatic heterocycles. The van der Waals surface area contributed by atoms with Gasteiger partial charge in [-0.15, -0.1) is 0 Å². The smallest absolute Gasteiger partial charge is 0.269 e. The maximum Gasteiger partial charge on any atom is 0.352 e. The Kier molecular flexibility index (Phi) is 5.41. The number of hydrazone groups is 1. The number of nitrogens with one attached hydrogen (secondary N) is 1. The van der Waals surface area contributed by atoms with Crippen LogP contribution in [0.25, 0.3) is 0 Å². The van der Waals surface area contributed by atoms with Crippen LogP contribution in [0.4, 0.5) is 4.79 Å². The van der Waals surface area contributed by atoms with Gasteiger partial charge in [0.2, 0.25) is 0 Å². The molecule has 1 N–H and O–H groups in total. The van der Waals surface area contributed by atoms with Crippen molar-refractivity contribution in [1.29, 1.82) is 0 Å². The molecule has 5 nitrogen and oxygen atoms in total. The Balaban J connectivity index is 1.59. The van der Waals surface area contributed by atoms with E-state index in [1.807, 2.05) is 47.5 Å². The van der Waals surface area contributed by atoms with Crippen LogP contribution >= 0.6 is 11.6 Å². The number of carbonyl (C=O) groups excluding carboxylic acids is 1. The lowest BCUT2D eigenvalue weighted by molar-refractivity contribution is 0.133. The average molecular weight is 383 g/mol. The van der Waals surface area contributed by atoms with E-state index < -0.39 is 0 Å². The number of nitrogens with zero attached hydrogens (tertiary/aromatic N) is 3. The van der Waals surface area contributed by atoms with Crippen molar-refractivity contribution in [2.75, 3.05) is 19.6 Å². The zero-order chi connectivity index (χ0) is 18.6. The van der Waals surface area contributed by atoms with Gasteiger partial charge >= 0.3 is 6.03 Å². The van der Waals surface area contributed by atoms with E-state index in [0.29, 0.717) is 11.6 Å². The van der Waals surface area contributed by atoms with Crippen LogP contribution in [0.1, 0.15) is 36.3 Å². The van der Waals surface area contributed by atoms with Gasteiger partial charge in [0.15, 0.2) is 0 Å². The van der Waals surface area contributed by atoms with Crippen molar-refractivity contribution in [2.45, 2.75) is 25.2 Å². The van der Waals surface area contributed by atoms with Crippen LogP contribution in [0.5, 0.6) is 0 Å². The predicted octanol–water partition coefficient (Wildman–Crippen LogP) is 4.25. The minimum Gasteiger partial charge on any atom is -0.269 e. The molecule has 0 aliphatic carbocycles. The molecule has 27 heavy (non-hydrogen) atoms. The summed E-state index contributed by atoms with van der Waals surface area (Å²) in [4.78, 5) is 12.8. The number of hydrazine groups is 1. The van der Waals surface area contributed by atoms with Crippen molar-refractivity contribution in [1.82, 2.24) is 15.4 Å². The molecule has 6 heteroatoms. The first-order valence-corrected chi connectivity index (χ1v) is 9.81. The van der Waals surface area contributed by atoms with E-state index in [9.17, 15) is 4.79 Å². The third kappa shape index (κ3) is 4.15. The summed E-state index contributed by atoms with van der Waals surface area (Å²) in [7, 11) is 0. The second-order valence-corrected chi connectivity index (χ2v) is 7.44. The Morgan fingerprint density at radius 3 is 2.56 bits per heavy atom. The van der Waals surface area contributed by atoms with Crippen LogP contribution in [0, 0.1) is 0 Å². The van der Waals surface area contributed by atoms with Crippen LogP contribution in [-0.2, 0) is 0 Å². The third-order valence-electron chi connectivity index (χ3n) is 5.08. The Morgan fingerprint density at radius 2 is 1.81 bits per heavy atom. The quantitative estimate of drug-likeness (QED) is 0.862. The molecule has 2 aliphatic heterocycles. The van der Waals surface area contributed by atoms with Crippen LogP contribution in [0.2, 0.25) is 5.02 Å². The zero-order valence-corrected chi connectivity index (χ0v) is 15.9. The van der Waals surface area contributed by atoms with E-state index in [2.05, 4.69) is 22.7 Å². The first-order valence-electron chi connectivity index (χ1n) is 9.43. The zero-order valence-electron chi connectivity index (χ0n) is 15.1. The van der Waals surface area contributed by atoms with E-state index in [-0.39, 0.29) is 11.9 Å². The van der Waals surface area contributed by atoms with Gasteiger partial charge in [-0.25, -0.2) is 14.8 Å². The van der Waals surface area contributed by atoms with E-state index in [0.717, 1.165) is 42.8 Å². The third-order valence-corrected chi connectivity index (χ3v) is 5.32. The summed E-state index contributed by atoms with van der Waals surface area (Å²) in [5.74, 6) is 0.0248. The highest BCUT2D eigenvalue weighted by Gasteiger charge is 2.33. The van der Waals surface area contributed by atoms with Crippen molar-refractivity contribution in [3.05, 3.63) is 70.7 Å². The number of carbonyl (C=O) groups is 1. The van der Waals surface area contributed by atoms with Gasteiger partial charge in [-0.2, -0.15) is 5.10 Å². The molecule has 1 unspecified atom stereocenters. The molecule has 1 saturated heterocycles. The highest BCUT2D eigenvalue weighted by atomic mass is 35.5. The van der Waals surface area contributed by atoms with Crippen molar-refractivity contribution in [3.8, 4) is 0 Å². The Labute approximate surface area is 164 Å². The number of rotatable bonds is 3. The molecule has 140 valence electrons. The topological polar surface area (TPSA) is 47.9 Å². The van der Waals surface area contributed by atoms with Gasteiger partial charge in [0, 0.05) is 24.0 Å². The van der Waals surface area contributed by atoms with Gasteiger partial charge in [-0.3, -0.25) is 5.43 Å². The molecular formula is C21H23ClN4O. The van der Waals surface area contributed by atoms with Crippen LogP contribution in [-0.4, -0.2) is 41.4 Å². The van der Waals surface area contributed by atoms with E-state index in [1.54, 1.807) is 5.01 Å². The monoisotopic (exact) mass is 382 g/mol. The SMILES string of the molecule is O=C(NN1CCCCC1)N1CC(c2ccccc2)C(c2cccc(Cl)c2)=N1. The molecule has 4 rings (SSSR count). The molecule has 0 saturated carbocycles. The lowest BCUT2D eigenvalue weighted by Gasteiger charge is -2.28. The normalized spacial score (nSPS) is 20.4. The summed E-state index contributed by atoms with van der Waals surface area (Å²) < 4.78 is 0. The van der Waals surface area contributed by atoms with Gasteiger partial charge in [0.1, 0.15) is 0 Å². The molecular weight excluding hydrogens is 360 g/mol. The minimum atomic E-state index is -0.171. The number of urea groups is 1. The predicted molar refractivity (Wildman–Crippen MR) is 108 cm³/mol. The maximum atomic E-state index is 12.8. The lowest BCUT2D eigenvalue weighted by atomic mass is 9.91. The number of piperidine rings is 1. The van der Waals surface area contributed by atoms with Crippen LogP contribution in [0.15, 0.2) is 59.7 Å². The Bertz CT molecular complexity index is 833. The summed E-state index contributed by atoms with van der Waals surface area (Å²) in [5.41, 5.74) is 5.97. The number of hydrogen-bond donors (Lipinski definition) is 1. The summed E-state index contributed by atoms with van der Waals surface area (Å²) in [6, 6.07) is 17.7. The minimum absolute atomic E-state index is 0.0248. The molecule has 2 aliphatic rings. The molecule has 2 aromatic rings. The largest absolute Gasteiger partial charge is 0.352 e. The lowest BCUT2D eigenvalue weighted by Crippen LogP contribution is -2.49. The molecule has 1 atom stereocenters. The van der Waals surface area contributed by atoms with E-state index in [4.69, 9.17) is 11.6 Å². The summed E-state index contributed by atoms with van der Waals surface area (Å²) in [6.45, 7) is 2.31. The molecule has 2 heterocycles. The number of hydrogen-bond acceptors (Lipinski definition) is 3. The first-order chi connectivity index (χ1) is 13.2. The fourth-order valence-corrected chi connectivity index (χ4v) is 3.87. The molecule has 0 bridgehead atoms. The highest BCUT2D eigenvalue weighted by Crippen LogP contribution is 2.29. The maximum absolute atomic E-state index is 12.8. The molecule has 0 spiro atoms. The first kappa shape index (κ1) is 18.0. The molecule has 0 radical (unpaired) electrons. The highest BCUT2D eigenvalue weighted by molar-refractivity contribution is 6.31. The fourth-order valence-electron chi connectivity index (χ4n) is 3.68. The fraction of sp³-hybridized carbons (Fsp3) is 0.333. The van der Waals surface area contributed by atoms with Crippen molar-refractivity contribution in [3.63, 3.8) is 0 Å². The van der Waals surface area contributed by atoms with Crippen molar-refractivity contribution in [2.24, 2.45) is 5.10 Å². The standard InChI is InChI=1S/C21H23ClN4O/c22-18-11-7-10-17(14-18)20-19(16-8-3-1-4-9-16)15-26(23-20)21(27)24-25-12-5-2-6-13-25/h1,3-4,7-11,14,19H,2,5-6,12-13,15H2,(H,24,27). The summed E-state index contributed by atoms with van der Waals surface area (Å²) >= 11 is 6.19. The molecule has 2 amide bonds. The van der Waals surface area contributed by atoms with Crippen molar-refractivity contribution >= 4 is 23.3 Å². The number of amides is 2. The van der Waals surface area contributed by atoms with Gasteiger partial charge in [0.05, 0.1) is 12.3 Å². The second kappa shape index (κ2) is 8.11. The van der Waals surface area contributed by atoms with Crippen LogP contribution < -0.4 is 5.43 Å². The van der Waals surface area contributed by atoms with E-state index in [1.165, 1.54) is 6.42 Å². The summed E-state index contributed by atoms with van der Waals surface area (Å²) in [5, 5.41) is 8.88. The van der Waals surface area contributed by atoms with Gasteiger partial charge in [-0.1, -0.05) is 60.5 Å². The number of halogens is 1. The Hall–Kier alpha value is -2.37. The molecule has 1 fully saturated rings. The van der Waals surface area contributed by atoms with Crippen molar-refractivity contribution < 1.29 is 4.79 Å². The summed E-state index contributed by atoms with van der Waals surface area (Å²) in [6.07, 6.45) is 3.46.